The third-order valence-corrected chi connectivity index (χ3v) is 3.12. The monoisotopic (exact) mass is 269 g/mol. The van der Waals surface area contributed by atoms with Gasteiger partial charge in [-0.1, -0.05) is 0 Å². The van der Waals surface area contributed by atoms with Gasteiger partial charge >= 0.3 is 0 Å². The highest BCUT2D eigenvalue weighted by Crippen LogP contribution is 2.30. The van der Waals surface area contributed by atoms with Crippen molar-refractivity contribution in [1.29, 1.82) is 0 Å². The maximum atomic E-state index is 5.77. The third-order valence-electron chi connectivity index (χ3n) is 1.74. The van der Waals surface area contributed by atoms with Gasteiger partial charge in [-0.25, -0.2) is 9.97 Å². The van der Waals surface area contributed by atoms with Crippen molar-refractivity contribution in [3.8, 4) is 10.6 Å². The van der Waals surface area contributed by atoms with Crippen LogP contribution in [0.1, 0.15) is 4.88 Å². The van der Waals surface area contributed by atoms with Crippen LogP contribution in [-0.4, -0.2) is 9.97 Å². The van der Waals surface area contributed by atoms with Gasteiger partial charge in [-0.15, -0.1) is 11.3 Å². The summed E-state index contributed by atoms with van der Waals surface area (Å²) >= 11 is 4.97. The van der Waals surface area contributed by atoms with Crippen LogP contribution in [0, 0.1) is 6.92 Å². The summed E-state index contributed by atoms with van der Waals surface area (Å²) in [5, 5.41) is 0.911. The molecule has 0 radical (unpaired) electrons. The van der Waals surface area contributed by atoms with Crippen LogP contribution in [0.3, 0.4) is 0 Å². The van der Waals surface area contributed by atoms with Crippen LogP contribution in [0.15, 0.2) is 22.9 Å². The minimum atomic E-state index is 0.516. The first-order valence-electron chi connectivity index (χ1n) is 4.00. The molecule has 3 nitrogen and oxygen atoms in total. The molecular weight excluding hydrogens is 262 g/mol. The highest BCUT2D eigenvalue weighted by atomic mass is 79.9. The zero-order chi connectivity index (χ0) is 10.1. The minimum absolute atomic E-state index is 0.516. The highest BCUT2D eigenvalue weighted by molar-refractivity contribution is 9.10. The second kappa shape index (κ2) is 3.67. The first-order chi connectivity index (χ1) is 6.66. The number of nitrogen functional groups attached to an aromatic ring is 1. The fourth-order valence-electron chi connectivity index (χ4n) is 1.10. The molecule has 0 aromatic carbocycles. The number of rotatable bonds is 1. The Morgan fingerprint density at radius 3 is 2.79 bits per heavy atom. The number of aryl methyl sites for hydroxylation is 1. The Balaban J connectivity index is 2.55. The van der Waals surface area contributed by atoms with Gasteiger partial charge in [-0.3, -0.25) is 0 Å². The smallest absolute Gasteiger partial charge is 0.133 e. The molecule has 0 aliphatic rings. The van der Waals surface area contributed by atoms with Crippen molar-refractivity contribution in [1.82, 2.24) is 9.97 Å². The molecule has 0 saturated heterocycles. The molecule has 0 spiro atoms. The fourth-order valence-corrected chi connectivity index (χ4v) is 2.22. The predicted molar refractivity (Wildman–Crippen MR) is 62.2 cm³/mol. The summed E-state index contributed by atoms with van der Waals surface area (Å²) < 4.78 is 0.912. The van der Waals surface area contributed by atoms with Crippen molar-refractivity contribution >= 4 is 33.1 Å². The van der Waals surface area contributed by atoms with Crippen molar-refractivity contribution in [2.45, 2.75) is 6.92 Å². The van der Waals surface area contributed by atoms with Crippen molar-refractivity contribution in [2.24, 2.45) is 0 Å². The third kappa shape index (κ3) is 1.78. The van der Waals surface area contributed by atoms with Crippen molar-refractivity contribution in [3.05, 3.63) is 27.8 Å². The topological polar surface area (TPSA) is 51.8 Å². The zero-order valence-electron chi connectivity index (χ0n) is 7.49. The molecule has 0 amide bonds. The van der Waals surface area contributed by atoms with Gasteiger partial charge in [0.05, 0.1) is 5.56 Å². The number of halogens is 1. The lowest BCUT2D eigenvalue weighted by atomic mass is 10.3. The van der Waals surface area contributed by atoms with E-state index in [0.717, 1.165) is 15.0 Å². The van der Waals surface area contributed by atoms with E-state index < -0.39 is 0 Å². The molecular formula is C9H8BrN3S. The maximum Gasteiger partial charge on any atom is 0.133 e. The van der Waals surface area contributed by atoms with E-state index in [1.165, 1.54) is 4.88 Å². The summed E-state index contributed by atoms with van der Waals surface area (Å²) in [5.41, 5.74) is 6.65. The molecule has 14 heavy (non-hydrogen) atoms. The van der Waals surface area contributed by atoms with Gasteiger partial charge in [0.1, 0.15) is 10.8 Å². The Bertz CT molecular complexity index is 467. The number of pyridine rings is 1. The van der Waals surface area contributed by atoms with Crippen LogP contribution in [0.25, 0.3) is 10.6 Å². The van der Waals surface area contributed by atoms with Crippen LogP contribution < -0.4 is 5.73 Å². The molecule has 0 unspecified atom stereocenters. The normalized spacial score (nSPS) is 10.4. The second-order valence-corrected chi connectivity index (χ2v) is 5.01. The van der Waals surface area contributed by atoms with Crippen LogP contribution in [-0.2, 0) is 0 Å². The van der Waals surface area contributed by atoms with Crippen LogP contribution >= 0.6 is 27.3 Å². The molecule has 0 fully saturated rings. The molecule has 2 aromatic rings. The van der Waals surface area contributed by atoms with E-state index in [1.54, 1.807) is 17.5 Å². The molecule has 0 bridgehead atoms. The summed E-state index contributed by atoms with van der Waals surface area (Å²) in [4.78, 5) is 9.49. The van der Waals surface area contributed by atoms with E-state index in [9.17, 15) is 0 Å². The molecule has 2 heterocycles. The van der Waals surface area contributed by atoms with E-state index in [4.69, 9.17) is 5.73 Å². The lowest BCUT2D eigenvalue weighted by Crippen LogP contribution is -1.93. The lowest BCUT2D eigenvalue weighted by molar-refractivity contribution is 1.30. The van der Waals surface area contributed by atoms with Crippen molar-refractivity contribution in [2.75, 3.05) is 5.73 Å². The minimum Gasteiger partial charge on any atom is -0.383 e. The molecule has 2 rings (SSSR count). The highest BCUT2D eigenvalue weighted by Gasteiger charge is 2.07. The molecule has 0 saturated carbocycles. The average molecular weight is 270 g/mol. The summed E-state index contributed by atoms with van der Waals surface area (Å²) in [7, 11) is 0. The van der Waals surface area contributed by atoms with E-state index in [2.05, 4.69) is 25.9 Å². The maximum absolute atomic E-state index is 5.77. The second-order valence-electron chi connectivity index (χ2n) is 2.86. The number of anilines is 1. The Hall–Kier alpha value is -0.940. The number of nitrogens with two attached hydrogens (primary N) is 1. The summed E-state index contributed by atoms with van der Waals surface area (Å²) in [6.45, 7) is 2.02. The number of hydrogen-bond acceptors (Lipinski definition) is 4. The van der Waals surface area contributed by atoms with E-state index in [0.29, 0.717) is 5.82 Å². The van der Waals surface area contributed by atoms with Crippen molar-refractivity contribution in [3.63, 3.8) is 0 Å². The Morgan fingerprint density at radius 1 is 1.36 bits per heavy atom. The van der Waals surface area contributed by atoms with Crippen LogP contribution in [0.5, 0.6) is 0 Å². The van der Waals surface area contributed by atoms with E-state index in [1.807, 2.05) is 19.2 Å². The zero-order valence-corrected chi connectivity index (χ0v) is 9.89. The van der Waals surface area contributed by atoms with Crippen molar-refractivity contribution < 1.29 is 0 Å². The van der Waals surface area contributed by atoms with Gasteiger partial charge in [0.25, 0.3) is 0 Å². The molecule has 72 valence electrons. The van der Waals surface area contributed by atoms with Gasteiger partial charge < -0.3 is 5.73 Å². The standard InChI is InChI=1S/C9H8BrN3S/c1-5-3-13-9(14-5)7-2-6(10)4-12-8(7)11/h2-4H,1H3,(H2,11,12). The summed E-state index contributed by atoms with van der Waals surface area (Å²) in [5.74, 6) is 0.516. The average Bonchev–Trinajstić information content (AvgIpc) is 2.56. The molecule has 0 aliphatic carbocycles. The first-order valence-corrected chi connectivity index (χ1v) is 5.61. The van der Waals surface area contributed by atoms with Gasteiger partial charge in [0, 0.05) is 21.7 Å². The fraction of sp³-hybridized carbons (Fsp3) is 0.111. The van der Waals surface area contributed by atoms with Gasteiger partial charge in [-0.05, 0) is 28.9 Å². The lowest BCUT2D eigenvalue weighted by Gasteiger charge is -2.00. The Kier molecular flexibility index (Phi) is 2.52. The Labute approximate surface area is 94.1 Å². The largest absolute Gasteiger partial charge is 0.383 e. The molecule has 2 N–H and O–H groups in total. The number of thiazole rings is 1. The predicted octanol–water partition coefficient (Wildman–Crippen LogP) is 2.86. The van der Waals surface area contributed by atoms with Gasteiger partial charge in [0.15, 0.2) is 0 Å². The molecule has 5 heteroatoms. The number of aromatic nitrogens is 2. The summed E-state index contributed by atoms with van der Waals surface area (Å²) in [6, 6.07) is 1.93. The van der Waals surface area contributed by atoms with Crippen LogP contribution in [0.4, 0.5) is 5.82 Å². The van der Waals surface area contributed by atoms with Crippen LogP contribution in [0.2, 0.25) is 0 Å². The van der Waals surface area contributed by atoms with E-state index in [-0.39, 0.29) is 0 Å². The number of hydrogen-bond donors (Lipinski definition) is 1. The molecule has 0 aliphatic heterocycles. The molecule has 2 aromatic heterocycles. The quantitative estimate of drug-likeness (QED) is 0.866. The SMILES string of the molecule is Cc1cnc(-c2cc(Br)cnc2N)s1. The van der Waals surface area contributed by atoms with E-state index >= 15 is 0 Å². The Morgan fingerprint density at radius 2 is 2.14 bits per heavy atom. The van der Waals surface area contributed by atoms with Gasteiger partial charge in [0.2, 0.25) is 0 Å². The number of nitrogens with zero attached hydrogens (tertiary/aromatic N) is 2. The first kappa shape index (κ1) is 9.61. The molecule has 0 atom stereocenters. The summed E-state index contributed by atoms with van der Waals surface area (Å²) in [6.07, 6.45) is 3.51. The van der Waals surface area contributed by atoms with Gasteiger partial charge in [-0.2, -0.15) is 0 Å².